The first kappa shape index (κ1) is 18.4. The quantitative estimate of drug-likeness (QED) is 0.548. The predicted molar refractivity (Wildman–Crippen MR) is 108 cm³/mol. The van der Waals surface area contributed by atoms with Crippen LogP contribution in [0, 0.1) is 6.92 Å². The summed E-state index contributed by atoms with van der Waals surface area (Å²) in [4.78, 5) is 16.7. The number of amides is 1. The Morgan fingerprint density at radius 3 is 2.55 bits per heavy atom. The summed E-state index contributed by atoms with van der Waals surface area (Å²) in [7, 11) is 1.92. The number of nitrogens with zero attached hydrogens (tertiary/aromatic N) is 5. The van der Waals surface area contributed by atoms with E-state index < -0.39 is 0 Å². The Balaban J connectivity index is 1.37. The predicted octanol–water partition coefficient (Wildman–Crippen LogP) is 3.14. The number of benzene rings is 2. The Hall–Kier alpha value is -3.94. The van der Waals surface area contributed by atoms with E-state index in [-0.39, 0.29) is 11.6 Å². The number of nitrogens with one attached hydrogen (secondary N) is 1. The first-order valence-electron chi connectivity index (χ1n) is 9.08. The topological polar surface area (TPSA) is 86.9 Å². The van der Waals surface area contributed by atoms with E-state index in [0.717, 1.165) is 17.1 Å². The van der Waals surface area contributed by atoms with Crippen LogP contribution in [0.4, 0.5) is 5.69 Å². The van der Waals surface area contributed by atoms with Gasteiger partial charge in [0.15, 0.2) is 5.69 Å². The van der Waals surface area contributed by atoms with Crippen LogP contribution in [-0.4, -0.2) is 30.5 Å². The molecular weight excluding hydrogens is 368 g/mol. The molecular formula is C21H20N6O2. The fraction of sp³-hybridized carbons (Fsp3) is 0.143. The van der Waals surface area contributed by atoms with Crippen molar-refractivity contribution in [3.05, 3.63) is 84.2 Å². The normalized spacial score (nSPS) is 10.7. The number of rotatable bonds is 6. The van der Waals surface area contributed by atoms with Crippen LogP contribution in [0.1, 0.15) is 21.9 Å². The highest BCUT2D eigenvalue weighted by Crippen LogP contribution is 2.17. The second-order valence-corrected chi connectivity index (χ2v) is 6.61. The second kappa shape index (κ2) is 7.97. The monoisotopic (exact) mass is 388 g/mol. The van der Waals surface area contributed by atoms with Crippen molar-refractivity contribution in [3.8, 4) is 11.4 Å². The number of carbonyl (C=O) groups is 1. The molecule has 8 nitrogen and oxygen atoms in total. The third kappa shape index (κ3) is 4.32. The summed E-state index contributed by atoms with van der Waals surface area (Å²) < 4.78 is 9.19. The Bertz CT molecular complexity index is 1110. The molecule has 8 heteroatoms. The van der Waals surface area contributed by atoms with Crippen LogP contribution in [0.5, 0.6) is 5.75 Å². The van der Waals surface area contributed by atoms with Gasteiger partial charge in [-0.05, 0) is 43.3 Å². The van der Waals surface area contributed by atoms with Gasteiger partial charge in [-0.25, -0.2) is 9.67 Å². The van der Waals surface area contributed by atoms with Gasteiger partial charge < -0.3 is 14.6 Å². The smallest absolute Gasteiger partial charge is 0.277 e. The molecule has 146 valence electrons. The molecule has 0 saturated carbocycles. The van der Waals surface area contributed by atoms with Gasteiger partial charge in [0.25, 0.3) is 5.91 Å². The van der Waals surface area contributed by atoms with Gasteiger partial charge in [-0.1, -0.05) is 22.9 Å². The minimum Gasteiger partial charge on any atom is -0.486 e. The zero-order valence-electron chi connectivity index (χ0n) is 16.1. The fourth-order valence-electron chi connectivity index (χ4n) is 2.70. The Morgan fingerprint density at radius 2 is 1.86 bits per heavy atom. The van der Waals surface area contributed by atoms with Crippen molar-refractivity contribution in [2.24, 2.45) is 7.05 Å². The van der Waals surface area contributed by atoms with Gasteiger partial charge in [-0.15, -0.1) is 5.10 Å². The molecule has 0 spiro atoms. The lowest BCUT2D eigenvalue weighted by atomic mass is 10.2. The number of aryl methyl sites for hydroxylation is 2. The molecule has 2 heterocycles. The fourth-order valence-corrected chi connectivity index (χ4v) is 2.70. The average molecular weight is 388 g/mol. The number of aromatic nitrogens is 5. The van der Waals surface area contributed by atoms with Gasteiger partial charge in [0.2, 0.25) is 0 Å². The molecule has 0 aliphatic heterocycles. The molecule has 0 bridgehead atoms. The van der Waals surface area contributed by atoms with Gasteiger partial charge >= 0.3 is 0 Å². The summed E-state index contributed by atoms with van der Waals surface area (Å²) in [5, 5.41) is 10.8. The van der Waals surface area contributed by atoms with E-state index in [4.69, 9.17) is 4.74 Å². The summed E-state index contributed by atoms with van der Waals surface area (Å²) in [6.45, 7) is 2.39. The molecule has 0 aliphatic carbocycles. The number of imidazole rings is 1. The second-order valence-electron chi connectivity index (χ2n) is 6.61. The highest BCUT2D eigenvalue weighted by molar-refractivity contribution is 6.02. The summed E-state index contributed by atoms with van der Waals surface area (Å²) in [6.07, 6.45) is 5.20. The largest absolute Gasteiger partial charge is 0.486 e. The summed E-state index contributed by atoms with van der Waals surface area (Å²) in [6, 6.07) is 14.9. The zero-order valence-corrected chi connectivity index (χ0v) is 16.1. The number of hydrogen-bond acceptors (Lipinski definition) is 5. The van der Waals surface area contributed by atoms with Crippen molar-refractivity contribution in [1.29, 1.82) is 0 Å². The Kier molecular flexibility index (Phi) is 5.07. The van der Waals surface area contributed by atoms with Crippen molar-refractivity contribution in [2.45, 2.75) is 13.5 Å². The molecule has 4 aromatic rings. The van der Waals surface area contributed by atoms with Crippen molar-refractivity contribution < 1.29 is 9.53 Å². The third-order valence-electron chi connectivity index (χ3n) is 4.43. The van der Waals surface area contributed by atoms with Gasteiger partial charge in [-0.3, -0.25) is 4.79 Å². The minimum atomic E-state index is -0.329. The average Bonchev–Trinajstić information content (AvgIpc) is 3.37. The molecule has 0 atom stereocenters. The lowest BCUT2D eigenvalue weighted by molar-refractivity contribution is 0.102. The molecule has 29 heavy (non-hydrogen) atoms. The maximum Gasteiger partial charge on any atom is 0.277 e. The zero-order chi connectivity index (χ0) is 20.2. The highest BCUT2D eigenvalue weighted by atomic mass is 16.5. The summed E-state index contributed by atoms with van der Waals surface area (Å²) in [5.74, 6) is 1.19. The molecule has 1 N–H and O–H groups in total. The number of anilines is 1. The molecule has 1 amide bonds. The van der Waals surface area contributed by atoms with E-state index in [1.165, 1.54) is 0 Å². The molecule has 0 unspecified atom stereocenters. The Labute approximate surface area is 167 Å². The number of ether oxygens (including phenoxy) is 1. The van der Waals surface area contributed by atoms with Crippen LogP contribution in [0.3, 0.4) is 0 Å². The third-order valence-corrected chi connectivity index (χ3v) is 4.43. The van der Waals surface area contributed by atoms with Crippen LogP contribution < -0.4 is 10.1 Å². The lowest BCUT2D eigenvalue weighted by Crippen LogP contribution is -2.12. The summed E-state index contributed by atoms with van der Waals surface area (Å²) in [5.41, 5.74) is 2.88. The van der Waals surface area contributed by atoms with Crippen LogP contribution in [0.2, 0.25) is 0 Å². The van der Waals surface area contributed by atoms with E-state index >= 15 is 0 Å². The van der Waals surface area contributed by atoms with Gasteiger partial charge in [0, 0.05) is 25.1 Å². The highest BCUT2D eigenvalue weighted by Gasteiger charge is 2.12. The van der Waals surface area contributed by atoms with Crippen LogP contribution in [0.25, 0.3) is 5.69 Å². The van der Waals surface area contributed by atoms with Crippen molar-refractivity contribution in [2.75, 3.05) is 5.32 Å². The first-order chi connectivity index (χ1) is 14.1. The van der Waals surface area contributed by atoms with Gasteiger partial charge in [0.05, 0.1) is 11.9 Å². The van der Waals surface area contributed by atoms with Crippen LogP contribution in [-0.2, 0) is 13.7 Å². The molecule has 0 saturated heterocycles. The molecule has 0 fully saturated rings. The van der Waals surface area contributed by atoms with Gasteiger partial charge in [0.1, 0.15) is 18.2 Å². The van der Waals surface area contributed by atoms with Crippen molar-refractivity contribution in [3.63, 3.8) is 0 Å². The lowest BCUT2D eigenvalue weighted by Gasteiger charge is -2.08. The van der Waals surface area contributed by atoms with Gasteiger partial charge in [-0.2, -0.15) is 0 Å². The van der Waals surface area contributed by atoms with E-state index in [2.05, 4.69) is 20.6 Å². The molecule has 0 radical (unpaired) electrons. The molecule has 0 aliphatic rings. The maximum atomic E-state index is 12.4. The molecule has 2 aromatic heterocycles. The van der Waals surface area contributed by atoms with Crippen molar-refractivity contribution in [1.82, 2.24) is 24.5 Å². The van der Waals surface area contributed by atoms with E-state index in [9.17, 15) is 4.79 Å². The standard InChI is InChI=1S/C21H20N6O2/c1-15-3-7-17(8-4-15)27-13-19(24-25-27)21(28)23-16-5-9-18(10-6-16)29-14-20-22-11-12-26(20)2/h3-13H,14H2,1-2H3,(H,23,28). The number of carbonyl (C=O) groups excluding carboxylic acids is 1. The van der Waals surface area contributed by atoms with Crippen LogP contribution >= 0.6 is 0 Å². The molecule has 4 rings (SSSR count). The minimum absolute atomic E-state index is 0.237. The number of hydrogen-bond donors (Lipinski definition) is 1. The van der Waals surface area contributed by atoms with E-state index in [1.807, 2.05) is 49.0 Å². The molecule has 2 aromatic carbocycles. The van der Waals surface area contributed by atoms with Crippen LogP contribution in [0.15, 0.2) is 67.1 Å². The van der Waals surface area contributed by atoms with E-state index in [0.29, 0.717) is 18.0 Å². The SMILES string of the molecule is Cc1ccc(-n2cc(C(=O)Nc3ccc(OCc4nccn4C)cc3)nn2)cc1. The summed E-state index contributed by atoms with van der Waals surface area (Å²) >= 11 is 0. The first-order valence-corrected chi connectivity index (χ1v) is 9.08. The Morgan fingerprint density at radius 1 is 1.10 bits per heavy atom. The van der Waals surface area contributed by atoms with Crippen molar-refractivity contribution >= 4 is 11.6 Å². The maximum absolute atomic E-state index is 12.4. The van der Waals surface area contributed by atoms with E-state index in [1.54, 1.807) is 41.3 Å².